The number of nitriles is 1. The molecule has 0 radical (unpaired) electrons. The first-order valence-electron chi connectivity index (χ1n) is 9.99. The second-order valence-electron chi connectivity index (χ2n) is 8.40. The van der Waals surface area contributed by atoms with Gasteiger partial charge in [-0.2, -0.15) is 0 Å². The standard InChI is InChI=1S/C24H25N3O/c1-24(2)15-20(22(16-25)26-3)14-21(28-24)9-8-17-12-18-6-4-10-27-11-5-7-19(13-17)23(18)27/h8-9,12-14H,4-7,10-11,15H2,1-2H3/b9-8+,22-20-. The largest absolute Gasteiger partial charge is 0.488 e. The number of ether oxygens (including phenoxy) is 1. The minimum absolute atomic E-state index is 0.153. The summed E-state index contributed by atoms with van der Waals surface area (Å²) in [5.74, 6) is 0.704. The molecule has 3 heterocycles. The van der Waals surface area contributed by atoms with Gasteiger partial charge in [-0.1, -0.05) is 6.08 Å². The molecule has 0 unspecified atom stereocenters. The lowest BCUT2D eigenvalue weighted by Gasteiger charge is -2.37. The molecule has 0 N–H and O–H groups in total. The number of benzene rings is 1. The Kier molecular flexibility index (Phi) is 4.73. The van der Waals surface area contributed by atoms with Crippen LogP contribution in [0.3, 0.4) is 0 Å². The van der Waals surface area contributed by atoms with Crippen LogP contribution >= 0.6 is 0 Å². The lowest BCUT2D eigenvalue weighted by Crippen LogP contribution is -2.34. The fourth-order valence-corrected chi connectivity index (χ4v) is 4.57. The Morgan fingerprint density at radius 3 is 2.50 bits per heavy atom. The van der Waals surface area contributed by atoms with Gasteiger partial charge in [0.1, 0.15) is 11.4 Å². The second-order valence-corrected chi connectivity index (χ2v) is 8.40. The van der Waals surface area contributed by atoms with E-state index in [1.54, 1.807) is 0 Å². The quantitative estimate of drug-likeness (QED) is 0.531. The monoisotopic (exact) mass is 371 g/mol. The summed E-state index contributed by atoms with van der Waals surface area (Å²) in [4.78, 5) is 5.92. The molecule has 28 heavy (non-hydrogen) atoms. The van der Waals surface area contributed by atoms with Gasteiger partial charge >= 0.3 is 0 Å². The van der Waals surface area contributed by atoms with Crippen molar-refractivity contribution in [3.05, 3.63) is 69.4 Å². The maximum absolute atomic E-state index is 9.23. The van der Waals surface area contributed by atoms with E-state index < -0.39 is 5.60 Å². The zero-order valence-corrected chi connectivity index (χ0v) is 16.6. The molecule has 0 saturated carbocycles. The molecule has 0 bridgehead atoms. The third-order valence-corrected chi connectivity index (χ3v) is 5.64. The van der Waals surface area contributed by atoms with E-state index in [0.29, 0.717) is 12.2 Å². The zero-order valence-electron chi connectivity index (χ0n) is 16.6. The van der Waals surface area contributed by atoms with E-state index in [4.69, 9.17) is 11.3 Å². The summed E-state index contributed by atoms with van der Waals surface area (Å²) in [6.07, 6.45) is 11.2. The van der Waals surface area contributed by atoms with Crippen LogP contribution in [0.1, 0.15) is 49.8 Å². The Balaban J connectivity index is 1.67. The number of hydrogen-bond donors (Lipinski definition) is 0. The molecular formula is C24H25N3O. The van der Waals surface area contributed by atoms with E-state index in [9.17, 15) is 5.26 Å². The Morgan fingerprint density at radius 2 is 1.89 bits per heavy atom. The molecule has 0 amide bonds. The summed E-state index contributed by atoms with van der Waals surface area (Å²) in [6, 6.07) is 6.62. The van der Waals surface area contributed by atoms with Crippen LogP contribution in [0.5, 0.6) is 0 Å². The molecule has 4 heteroatoms. The molecule has 0 aromatic heterocycles. The van der Waals surface area contributed by atoms with Crippen LogP contribution in [0.15, 0.2) is 41.3 Å². The van der Waals surface area contributed by atoms with Crippen LogP contribution in [0.2, 0.25) is 0 Å². The smallest absolute Gasteiger partial charge is 0.265 e. The first kappa shape index (κ1) is 18.4. The lowest BCUT2D eigenvalue weighted by molar-refractivity contribution is 0.0356. The first-order chi connectivity index (χ1) is 13.5. The van der Waals surface area contributed by atoms with Crippen molar-refractivity contribution in [1.82, 2.24) is 0 Å². The summed E-state index contributed by atoms with van der Waals surface area (Å²) in [6.45, 7) is 13.6. The van der Waals surface area contributed by atoms with E-state index >= 15 is 0 Å². The van der Waals surface area contributed by atoms with Gasteiger partial charge in [-0.15, -0.1) is 0 Å². The Hall–Kier alpha value is -2.98. The third-order valence-electron chi connectivity index (χ3n) is 5.64. The first-order valence-corrected chi connectivity index (χ1v) is 9.99. The molecule has 3 aliphatic heterocycles. The molecule has 3 aliphatic rings. The summed E-state index contributed by atoms with van der Waals surface area (Å²) in [7, 11) is 0. The molecule has 142 valence electrons. The number of anilines is 1. The van der Waals surface area contributed by atoms with Crippen molar-refractivity contribution in [3.8, 4) is 6.07 Å². The number of rotatable bonds is 2. The molecule has 0 aliphatic carbocycles. The molecule has 1 aromatic carbocycles. The van der Waals surface area contributed by atoms with Crippen LogP contribution in [0.4, 0.5) is 5.69 Å². The van der Waals surface area contributed by atoms with Crippen molar-refractivity contribution >= 4 is 11.8 Å². The van der Waals surface area contributed by atoms with Gasteiger partial charge in [-0.05, 0) is 86.1 Å². The third kappa shape index (κ3) is 3.56. The summed E-state index contributed by atoms with van der Waals surface area (Å²) in [5, 5.41) is 9.23. The SMILES string of the molecule is [C-]#[N+]/C(C#N)=C1C=C(/C=C/c2cc3c4c(c2)CCCN4CCC3)OC(C)(C)C/1. The molecule has 4 rings (SSSR count). The minimum Gasteiger partial charge on any atom is -0.488 e. The van der Waals surface area contributed by atoms with Crippen LogP contribution in [0.25, 0.3) is 10.9 Å². The maximum atomic E-state index is 9.23. The fraction of sp³-hybridized carbons (Fsp3) is 0.417. The average Bonchev–Trinajstić information content (AvgIpc) is 2.67. The van der Waals surface area contributed by atoms with E-state index in [0.717, 1.165) is 18.4 Å². The Bertz CT molecular complexity index is 935. The fourth-order valence-electron chi connectivity index (χ4n) is 4.57. The van der Waals surface area contributed by atoms with Crippen molar-refractivity contribution in [1.29, 1.82) is 5.26 Å². The van der Waals surface area contributed by atoms with Crippen LogP contribution in [-0.4, -0.2) is 18.7 Å². The zero-order chi connectivity index (χ0) is 19.7. The number of aryl methyl sites for hydroxylation is 2. The Morgan fingerprint density at radius 1 is 1.21 bits per heavy atom. The van der Waals surface area contributed by atoms with Gasteiger partial charge in [0.2, 0.25) is 0 Å². The molecular weight excluding hydrogens is 346 g/mol. The summed E-state index contributed by atoms with van der Waals surface area (Å²) < 4.78 is 6.08. The van der Waals surface area contributed by atoms with Crippen molar-refractivity contribution in [2.24, 2.45) is 0 Å². The highest BCUT2D eigenvalue weighted by Gasteiger charge is 2.28. The highest BCUT2D eigenvalue weighted by atomic mass is 16.5. The van der Waals surface area contributed by atoms with Gasteiger partial charge in [0.25, 0.3) is 5.70 Å². The van der Waals surface area contributed by atoms with Crippen LogP contribution < -0.4 is 4.90 Å². The number of hydrogen-bond acceptors (Lipinski definition) is 3. The number of allylic oxidation sites excluding steroid dienone is 3. The topological polar surface area (TPSA) is 40.6 Å². The molecule has 1 aromatic rings. The van der Waals surface area contributed by atoms with Gasteiger partial charge < -0.3 is 9.64 Å². The molecule has 0 spiro atoms. The van der Waals surface area contributed by atoms with Crippen LogP contribution in [-0.2, 0) is 17.6 Å². The van der Waals surface area contributed by atoms with Gasteiger partial charge in [0, 0.05) is 25.2 Å². The maximum Gasteiger partial charge on any atom is 0.265 e. The lowest BCUT2D eigenvalue weighted by atomic mass is 9.90. The van der Waals surface area contributed by atoms with Gasteiger partial charge in [-0.3, -0.25) is 0 Å². The van der Waals surface area contributed by atoms with Crippen molar-refractivity contribution < 1.29 is 4.74 Å². The van der Waals surface area contributed by atoms with Crippen molar-refractivity contribution in [2.45, 2.75) is 51.6 Å². The predicted octanol–water partition coefficient (Wildman–Crippen LogP) is 5.18. The van der Waals surface area contributed by atoms with E-state index in [-0.39, 0.29) is 5.70 Å². The van der Waals surface area contributed by atoms with Crippen molar-refractivity contribution in [2.75, 3.05) is 18.0 Å². The van der Waals surface area contributed by atoms with Gasteiger partial charge in [0.15, 0.2) is 0 Å². The van der Waals surface area contributed by atoms with E-state index in [1.165, 1.54) is 48.3 Å². The predicted molar refractivity (Wildman–Crippen MR) is 111 cm³/mol. The molecule has 0 atom stereocenters. The molecule has 0 saturated heterocycles. The van der Waals surface area contributed by atoms with E-state index in [1.807, 2.05) is 32.1 Å². The average molecular weight is 371 g/mol. The summed E-state index contributed by atoms with van der Waals surface area (Å²) >= 11 is 0. The second kappa shape index (κ2) is 7.21. The Labute approximate surface area is 167 Å². The van der Waals surface area contributed by atoms with Gasteiger partial charge in [0.05, 0.1) is 12.6 Å². The highest BCUT2D eigenvalue weighted by Crippen LogP contribution is 2.37. The normalized spacial score (nSPS) is 21.9. The molecule has 0 fully saturated rings. The minimum atomic E-state index is -0.432. The van der Waals surface area contributed by atoms with Gasteiger partial charge in [-0.25, -0.2) is 10.1 Å². The van der Waals surface area contributed by atoms with Crippen LogP contribution in [0, 0.1) is 17.9 Å². The van der Waals surface area contributed by atoms with E-state index in [2.05, 4.69) is 28.0 Å². The molecule has 4 nitrogen and oxygen atoms in total. The summed E-state index contributed by atoms with van der Waals surface area (Å²) in [5.41, 5.74) is 6.07. The van der Waals surface area contributed by atoms with Crippen molar-refractivity contribution in [3.63, 3.8) is 0 Å². The number of nitrogens with zero attached hydrogens (tertiary/aromatic N) is 3. The highest BCUT2D eigenvalue weighted by molar-refractivity contribution is 5.68.